The highest BCUT2D eigenvalue weighted by molar-refractivity contribution is 9.10. The van der Waals surface area contributed by atoms with E-state index < -0.39 is 0 Å². The largest absolute Gasteiger partial charge is 0.423 e. The van der Waals surface area contributed by atoms with E-state index >= 15 is 0 Å². The van der Waals surface area contributed by atoms with Crippen molar-refractivity contribution in [3.63, 3.8) is 0 Å². The molecule has 0 spiro atoms. The minimum absolute atomic E-state index is 0.364. The molecule has 3 aromatic rings. The maximum atomic E-state index is 12.7. The highest BCUT2D eigenvalue weighted by atomic mass is 79.9. The van der Waals surface area contributed by atoms with Crippen LogP contribution in [0.1, 0.15) is 106 Å². The molecule has 0 atom stereocenters. The molecule has 0 radical (unpaired) electrons. The molecule has 37 heavy (non-hydrogen) atoms. The lowest BCUT2D eigenvalue weighted by Crippen LogP contribution is -2.08. The molecule has 198 valence electrons. The fourth-order valence-electron chi connectivity index (χ4n) is 4.38. The number of halogens is 1. The third-order valence-electron chi connectivity index (χ3n) is 6.69. The molecule has 0 unspecified atom stereocenters. The number of hydrogen-bond acceptors (Lipinski definition) is 4. The Balaban J connectivity index is 1.47. The van der Waals surface area contributed by atoms with Gasteiger partial charge in [0, 0.05) is 22.4 Å². The Morgan fingerprint density at radius 1 is 0.757 bits per heavy atom. The lowest BCUT2D eigenvalue weighted by atomic mass is 10.0. The number of nitrogens with zero attached hydrogens (tertiary/aromatic N) is 2. The SMILES string of the molecule is CCCCCCCCCc1cnc(-c2ccc(OC(=O)c3ccc(CCCCCC)c(Br)c3)cc2)nc1. The fourth-order valence-corrected chi connectivity index (χ4v) is 4.95. The fraction of sp³-hybridized carbons (Fsp3) is 0.469. The van der Waals surface area contributed by atoms with Crippen molar-refractivity contribution >= 4 is 21.9 Å². The van der Waals surface area contributed by atoms with Gasteiger partial charge in [0.15, 0.2) is 5.82 Å². The summed E-state index contributed by atoms with van der Waals surface area (Å²) in [5, 5.41) is 0. The second-order valence-electron chi connectivity index (χ2n) is 9.82. The molecule has 4 nitrogen and oxygen atoms in total. The summed E-state index contributed by atoms with van der Waals surface area (Å²) < 4.78 is 6.56. The van der Waals surface area contributed by atoms with Crippen LogP contribution in [0, 0.1) is 0 Å². The van der Waals surface area contributed by atoms with E-state index in [0.717, 1.165) is 29.3 Å². The van der Waals surface area contributed by atoms with Crippen LogP contribution in [0.5, 0.6) is 5.75 Å². The van der Waals surface area contributed by atoms with Crippen LogP contribution in [0.2, 0.25) is 0 Å². The Bertz CT molecular complexity index is 1080. The van der Waals surface area contributed by atoms with Crippen molar-refractivity contribution in [1.82, 2.24) is 9.97 Å². The first kappa shape index (κ1) is 29.0. The van der Waals surface area contributed by atoms with E-state index in [-0.39, 0.29) is 5.97 Å². The van der Waals surface area contributed by atoms with Gasteiger partial charge in [0.25, 0.3) is 0 Å². The molecule has 5 heteroatoms. The van der Waals surface area contributed by atoms with Crippen LogP contribution in [0.4, 0.5) is 0 Å². The number of ether oxygens (including phenoxy) is 1. The van der Waals surface area contributed by atoms with Crippen LogP contribution < -0.4 is 4.74 Å². The zero-order chi connectivity index (χ0) is 26.3. The second-order valence-corrected chi connectivity index (χ2v) is 10.7. The van der Waals surface area contributed by atoms with Gasteiger partial charge in [-0.2, -0.15) is 0 Å². The predicted octanol–water partition coefficient (Wildman–Crippen LogP) is 9.54. The summed E-state index contributed by atoms with van der Waals surface area (Å²) in [4.78, 5) is 21.8. The quantitative estimate of drug-likeness (QED) is 0.0986. The summed E-state index contributed by atoms with van der Waals surface area (Å²) in [6.45, 7) is 4.47. The number of benzene rings is 2. The van der Waals surface area contributed by atoms with E-state index in [1.54, 1.807) is 12.1 Å². The molecule has 0 aliphatic heterocycles. The second kappa shape index (κ2) is 16.3. The first-order valence-corrected chi connectivity index (χ1v) is 14.8. The molecule has 0 aliphatic carbocycles. The van der Waals surface area contributed by atoms with Crippen LogP contribution in [-0.2, 0) is 12.8 Å². The molecular weight excluding hydrogens is 524 g/mol. The minimum atomic E-state index is -0.364. The standard InChI is InChI=1S/C32H41BrN2O2/c1-3-5-7-9-10-11-12-14-25-23-34-31(35-24-25)27-18-20-29(21-19-27)37-32(36)28-17-16-26(30(33)22-28)15-13-8-6-4-2/h16-24H,3-15H2,1-2H3. The number of aromatic nitrogens is 2. The third-order valence-corrected chi connectivity index (χ3v) is 7.42. The van der Waals surface area contributed by atoms with Crippen molar-refractivity contribution in [2.24, 2.45) is 0 Å². The summed E-state index contributed by atoms with van der Waals surface area (Å²) >= 11 is 3.62. The summed E-state index contributed by atoms with van der Waals surface area (Å²) in [6, 6.07) is 13.1. The normalized spacial score (nSPS) is 11.0. The zero-order valence-electron chi connectivity index (χ0n) is 22.5. The van der Waals surface area contributed by atoms with E-state index in [2.05, 4.69) is 39.7 Å². The number of unbranched alkanes of at least 4 members (excludes halogenated alkanes) is 9. The van der Waals surface area contributed by atoms with Crippen LogP contribution in [0.25, 0.3) is 11.4 Å². The van der Waals surface area contributed by atoms with Gasteiger partial charge in [-0.1, -0.05) is 93.6 Å². The molecular formula is C32H41BrN2O2. The molecule has 3 rings (SSSR count). The van der Waals surface area contributed by atoms with Crippen molar-refractivity contribution in [1.29, 1.82) is 0 Å². The topological polar surface area (TPSA) is 52.1 Å². The number of carbonyl (C=O) groups excluding carboxylic acids is 1. The Labute approximate surface area is 231 Å². The molecule has 0 saturated heterocycles. The Kier molecular flexibility index (Phi) is 12.8. The summed E-state index contributed by atoms with van der Waals surface area (Å²) in [5.41, 5.74) is 3.84. The van der Waals surface area contributed by atoms with Gasteiger partial charge in [0.1, 0.15) is 5.75 Å². The van der Waals surface area contributed by atoms with Gasteiger partial charge in [-0.15, -0.1) is 0 Å². The molecule has 1 aromatic heterocycles. The summed E-state index contributed by atoms with van der Waals surface area (Å²) in [7, 11) is 0. The monoisotopic (exact) mass is 564 g/mol. The van der Waals surface area contributed by atoms with Gasteiger partial charge in [-0.3, -0.25) is 0 Å². The Morgan fingerprint density at radius 3 is 2.00 bits per heavy atom. The Morgan fingerprint density at radius 2 is 1.35 bits per heavy atom. The highest BCUT2D eigenvalue weighted by Gasteiger charge is 2.12. The van der Waals surface area contributed by atoms with Crippen LogP contribution in [0.15, 0.2) is 59.3 Å². The molecule has 0 saturated carbocycles. The number of carbonyl (C=O) groups is 1. The lowest BCUT2D eigenvalue weighted by Gasteiger charge is -2.09. The Hall–Kier alpha value is -2.53. The van der Waals surface area contributed by atoms with Gasteiger partial charge in [0.05, 0.1) is 5.56 Å². The van der Waals surface area contributed by atoms with Gasteiger partial charge >= 0.3 is 5.97 Å². The molecule has 0 amide bonds. The van der Waals surface area contributed by atoms with E-state index in [9.17, 15) is 4.79 Å². The van der Waals surface area contributed by atoms with Crippen molar-refractivity contribution in [2.45, 2.75) is 97.3 Å². The number of hydrogen-bond donors (Lipinski definition) is 0. The lowest BCUT2D eigenvalue weighted by molar-refractivity contribution is 0.0734. The van der Waals surface area contributed by atoms with E-state index in [0.29, 0.717) is 17.1 Å². The van der Waals surface area contributed by atoms with Crippen LogP contribution >= 0.6 is 15.9 Å². The average molecular weight is 566 g/mol. The van der Waals surface area contributed by atoms with Crippen molar-refractivity contribution in [3.05, 3.63) is 76.0 Å². The molecule has 2 aromatic carbocycles. The van der Waals surface area contributed by atoms with Crippen LogP contribution in [0.3, 0.4) is 0 Å². The molecule has 0 N–H and O–H groups in total. The third kappa shape index (κ3) is 10.0. The number of aryl methyl sites for hydroxylation is 2. The zero-order valence-corrected chi connectivity index (χ0v) is 24.1. The average Bonchev–Trinajstić information content (AvgIpc) is 2.92. The van der Waals surface area contributed by atoms with E-state index in [4.69, 9.17) is 4.74 Å². The van der Waals surface area contributed by atoms with Crippen molar-refractivity contribution < 1.29 is 9.53 Å². The molecule has 0 aliphatic rings. The maximum Gasteiger partial charge on any atom is 0.343 e. The van der Waals surface area contributed by atoms with Gasteiger partial charge in [0.2, 0.25) is 0 Å². The van der Waals surface area contributed by atoms with E-state index in [1.807, 2.05) is 42.7 Å². The van der Waals surface area contributed by atoms with Gasteiger partial charge in [-0.05, 0) is 73.2 Å². The maximum absolute atomic E-state index is 12.7. The number of esters is 1. The van der Waals surface area contributed by atoms with Crippen LogP contribution in [-0.4, -0.2) is 15.9 Å². The first-order valence-electron chi connectivity index (χ1n) is 14.0. The van der Waals surface area contributed by atoms with Crippen molar-refractivity contribution in [2.75, 3.05) is 0 Å². The van der Waals surface area contributed by atoms with Crippen molar-refractivity contribution in [3.8, 4) is 17.1 Å². The smallest absolute Gasteiger partial charge is 0.343 e. The molecule has 0 bridgehead atoms. The first-order chi connectivity index (χ1) is 18.1. The summed E-state index contributed by atoms with van der Waals surface area (Å²) in [6.07, 6.45) is 19.9. The highest BCUT2D eigenvalue weighted by Crippen LogP contribution is 2.24. The predicted molar refractivity (Wildman–Crippen MR) is 156 cm³/mol. The van der Waals surface area contributed by atoms with E-state index in [1.165, 1.54) is 75.3 Å². The minimum Gasteiger partial charge on any atom is -0.423 e. The molecule has 1 heterocycles. The van der Waals surface area contributed by atoms with Gasteiger partial charge in [-0.25, -0.2) is 14.8 Å². The summed E-state index contributed by atoms with van der Waals surface area (Å²) in [5.74, 6) is 0.820. The van der Waals surface area contributed by atoms with Gasteiger partial charge < -0.3 is 4.74 Å². The molecule has 0 fully saturated rings. The number of rotatable bonds is 16.